The Morgan fingerprint density at radius 3 is 2.37 bits per heavy atom. The van der Waals surface area contributed by atoms with Crippen molar-refractivity contribution in [2.24, 2.45) is 4.99 Å². The van der Waals surface area contributed by atoms with Crippen molar-refractivity contribution in [2.75, 3.05) is 0 Å². The van der Waals surface area contributed by atoms with Gasteiger partial charge in [0.25, 0.3) is 0 Å². The number of alkyl halides is 2. The minimum absolute atomic E-state index is 0.114. The number of aryl methyl sites for hydroxylation is 1. The van der Waals surface area contributed by atoms with Gasteiger partial charge in [0, 0.05) is 6.42 Å². The third-order valence-electron chi connectivity index (χ3n) is 3.83. The number of carbonyl (C=O) groups excluding carboxylic acids is 1. The van der Waals surface area contributed by atoms with Crippen LogP contribution in [0.5, 0.6) is 0 Å². The molecule has 0 amide bonds. The number of nitrogens with zero attached hydrogens (tertiary/aromatic N) is 1. The van der Waals surface area contributed by atoms with E-state index in [4.69, 9.17) is 0 Å². The molecule has 0 radical (unpaired) electrons. The van der Waals surface area contributed by atoms with Crippen LogP contribution in [0.2, 0.25) is 0 Å². The molecule has 0 aromatic heterocycles. The van der Waals surface area contributed by atoms with Gasteiger partial charge in [0.1, 0.15) is 0 Å². The third-order valence-corrected chi connectivity index (χ3v) is 3.83. The Morgan fingerprint density at radius 2 is 1.84 bits per heavy atom. The normalized spacial score (nSPS) is 17.4. The van der Waals surface area contributed by atoms with Gasteiger partial charge in [-0.3, -0.25) is 0 Å². The number of hydrogen-bond acceptors (Lipinski definition) is 2. The van der Waals surface area contributed by atoms with Gasteiger partial charge in [0.2, 0.25) is 12.5 Å². The lowest BCUT2D eigenvalue weighted by Crippen LogP contribution is -2.18. The van der Waals surface area contributed by atoms with Gasteiger partial charge in [-0.15, -0.1) is 0 Å². The van der Waals surface area contributed by atoms with Crippen LogP contribution in [0.25, 0.3) is 0 Å². The van der Waals surface area contributed by atoms with Crippen molar-refractivity contribution in [3.63, 3.8) is 0 Å². The average molecular weight is 265 g/mol. The Balaban J connectivity index is 2.14. The van der Waals surface area contributed by atoms with Crippen LogP contribution in [0.1, 0.15) is 43.2 Å². The summed E-state index contributed by atoms with van der Waals surface area (Å²) in [7, 11) is 0. The molecule has 102 valence electrons. The minimum Gasteiger partial charge on any atom is -0.211 e. The zero-order chi connectivity index (χ0) is 13.7. The highest BCUT2D eigenvalue weighted by molar-refractivity contribution is 5.39. The second kappa shape index (κ2) is 6.07. The third kappa shape index (κ3) is 3.27. The summed E-state index contributed by atoms with van der Waals surface area (Å²) in [6.07, 6.45) is 3.51. The highest BCUT2D eigenvalue weighted by Gasteiger charge is 2.35. The molecular formula is C15H17F2NO. The topological polar surface area (TPSA) is 29.4 Å². The number of aliphatic imine (C=N–C) groups is 1. The number of rotatable bonds is 5. The van der Waals surface area contributed by atoms with E-state index in [-0.39, 0.29) is 6.42 Å². The van der Waals surface area contributed by atoms with Crippen molar-refractivity contribution in [1.29, 1.82) is 0 Å². The summed E-state index contributed by atoms with van der Waals surface area (Å²) in [6.45, 7) is 0. The molecule has 0 bridgehead atoms. The second-order valence-corrected chi connectivity index (χ2v) is 5.07. The Morgan fingerprint density at radius 1 is 1.21 bits per heavy atom. The lowest BCUT2D eigenvalue weighted by molar-refractivity contribution is 0.138. The summed E-state index contributed by atoms with van der Waals surface area (Å²) in [4.78, 5) is 14.6. The van der Waals surface area contributed by atoms with E-state index >= 15 is 0 Å². The molecule has 1 fully saturated rings. The molecule has 1 aliphatic carbocycles. The number of isocyanates is 1. The standard InChI is InChI=1S/C15H17F2NO/c16-14(17)8-5-12-3-6-13(7-4-12)15(18-11-19)9-1-2-10-15/h3-4,6-7,14H,1-2,5,8-10H2. The SMILES string of the molecule is O=C=NC1(c2ccc(CCC(F)F)cc2)CCCC1. The fourth-order valence-electron chi connectivity index (χ4n) is 2.77. The Kier molecular flexibility index (Phi) is 4.43. The van der Waals surface area contributed by atoms with Gasteiger partial charge in [-0.2, -0.15) is 4.99 Å². The van der Waals surface area contributed by atoms with Crippen molar-refractivity contribution in [3.05, 3.63) is 35.4 Å². The van der Waals surface area contributed by atoms with Crippen LogP contribution < -0.4 is 0 Å². The molecule has 4 heteroatoms. The molecule has 0 aliphatic heterocycles. The van der Waals surface area contributed by atoms with Crippen LogP contribution in [-0.4, -0.2) is 12.5 Å². The minimum atomic E-state index is -2.26. The Labute approximate surface area is 111 Å². The van der Waals surface area contributed by atoms with Gasteiger partial charge in [-0.25, -0.2) is 13.6 Å². The van der Waals surface area contributed by atoms with Gasteiger partial charge >= 0.3 is 0 Å². The fraction of sp³-hybridized carbons (Fsp3) is 0.533. The molecular weight excluding hydrogens is 248 g/mol. The lowest BCUT2D eigenvalue weighted by Gasteiger charge is -2.23. The summed E-state index contributed by atoms with van der Waals surface area (Å²) in [5.74, 6) is 0. The monoisotopic (exact) mass is 265 g/mol. The molecule has 0 spiro atoms. The molecule has 1 aromatic rings. The first-order chi connectivity index (χ1) is 9.16. The van der Waals surface area contributed by atoms with Crippen LogP contribution in [0.3, 0.4) is 0 Å². The first kappa shape index (κ1) is 13.9. The van der Waals surface area contributed by atoms with Crippen molar-refractivity contribution < 1.29 is 13.6 Å². The summed E-state index contributed by atoms with van der Waals surface area (Å²) >= 11 is 0. The number of benzene rings is 1. The van der Waals surface area contributed by atoms with Crippen molar-refractivity contribution >= 4 is 6.08 Å². The highest BCUT2D eigenvalue weighted by Crippen LogP contribution is 2.42. The van der Waals surface area contributed by atoms with E-state index in [9.17, 15) is 13.6 Å². The molecule has 0 atom stereocenters. The van der Waals surface area contributed by atoms with Gasteiger partial charge in [0.05, 0.1) is 5.54 Å². The molecule has 2 nitrogen and oxygen atoms in total. The summed E-state index contributed by atoms with van der Waals surface area (Å²) < 4.78 is 24.3. The Bertz CT molecular complexity index is 458. The fourth-order valence-corrected chi connectivity index (χ4v) is 2.77. The van der Waals surface area contributed by atoms with Crippen LogP contribution in [0.4, 0.5) is 8.78 Å². The quantitative estimate of drug-likeness (QED) is 0.584. The van der Waals surface area contributed by atoms with E-state index in [1.54, 1.807) is 6.08 Å². The molecule has 19 heavy (non-hydrogen) atoms. The van der Waals surface area contributed by atoms with Gasteiger partial charge < -0.3 is 0 Å². The molecule has 1 aromatic carbocycles. The molecule has 0 unspecified atom stereocenters. The highest BCUT2D eigenvalue weighted by atomic mass is 19.3. The van der Waals surface area contributed by atoms with E-state index in [1.165, 1.54) is 0 Å². The van der Waals surface area contributed by atoms with E-state index in [0.717, 1.165) is 36.8 Å². The number of hydrogen-bond donors (Lipinski definition) is 0. The van der Waals surface area contributed by atoms with Crippen LogP contribution in [0, 0.1) is 0 Å². The summed E-state index contributed by atoms with van der Waals surface area (Å²) in [5, 5.41) is 0. The van der Waals surface area contributed by atoms with Gasteiger partial charge in [-0.05, 0) is 30.4 Å². The van der Waals surface area contributed by atoms with E-state index < -0.39 is 12.0 Å². The zero-order valence-electron chi connectivity index (χ0n) is 10.7. The van der Waals surface area contributed by atoms with E-state index in [1.807, 2.05) is 24.3 Å². The van der Waals surface area contributed by atoms with Gasteiger partial charge in [0.15, 0.2) is 0 Å². The average Bonchev–Trinajstić information content (AvgIpc) is 2.87. The molecule has 1 aliphatic rings. The van der Waals surface area contributed by atoms with Crippen LogP contribution in [-0.2, 0) is 16.8 Å². The molecule has 0 N–H and O–H groups in total. The Hall–Kier alpha value is -1.54. The van der Waals surface area contributed by atoms with Gasteiger partial charge in [-0.1, -0.05) is 37.1 Å². The largest absolute Gasteiger partial charge is 0.239 e. The maximum atomic E-state index is 12.1. The smallest absolute Gasteiger partial charge is 0.211 e. The van der Waals surface area contributed by atoms with Crippen molar-refractivity contribution in [3.8, 4) is 0 Å². The predicted octanol–water partition coefficient (Wildman–Crippen LogP) is 3.99. The first-order valence-corrected chi connectivity index (χ1v) is 6.63. The molecule has 0 saturated heterocycles. The molecule has 1 saturated carbocycles. The van der Waals surface area contributed by atoms with E-state index in [0.29, 0.717) is 6.42 Å². The lowest BCUT2D eigenvalue weighted by atomic mass is 9.88. The molecule has 2 rings (SSSR count). The van der Waals surface area contributed by atoms with Crippen LogP contribution in [0.15, 0.2) is 29.3 Å². The first-order valence-electron chi connectivity index (χ1n) is 6.63. The predicted molar refractivity (Wildman–Crippen MR) is 69.0 cm³/mol. The van der Waals surface area contributed by atoms with E-state index in [2.05, 4.69) is 4.99 Å². The zero-order valence-corrected chi connectivity index (χ0v) is 10.7. The maximum Gasteiger partial charge on any atom is 0.239 e. The van der Waals surface area contributed by atoms with Crippen LogP contribution >= 0.6 is 0 Å². The van der Waals surface area contributed by atoms with Crippen molar-refractivity contribution in [1.82, 2.24) is 0 Å². The van der Waals surface area contributed by atoms with Crippen molar-refractivity contribution in [2.45, 2.75) is 50.5 Å². The summed E-state index contributed by atoms with van der Waals surface area (Å²) in [6, 6.07) is 7.54. The second-order valence-electron chi connectivity index (χ2n) is 5.07. The number of halogens is 2. The maximum absolute atomic E-state index is 12.1. The molecule has 0 heterocycles. The summed E-state index contributed by atoms with van der Waals surface area (Å²) in [5.41, 5.74) is 1.46.